The van der Waals surface area contributed by atoms with E-state index >= 15 is 0 Å². The molecule has 1 N–H and O–H groups in total. The van der Waals surface area contributed by atoms with Gasteiger partial charge in [0.15, 0.2) is 0 Å². The third kappa shape index (κ3) is 1.78. The van der Waals surface area contributed by atoms with E-state index in [9.17, 15) is 14.4 Å². The molecule has 2 aliphatic carbocycles. The van der Waals surface area contributed by atoms with Crippen LogP contribution < -0.4 is 0 Å². The van der Waals surface area contributed by atoms with Crippen LogP contribution in [0.25, 0.3) is 0 Å². The SMILES string of the molecule is O=C(O)CC1(N2C(=O)C3CCCC3C2=O)CCCC1. The molecule has 5 nitrogen and oxygen atoms in total. The van der Waals surface area contributed by atoms with Gasteiger partial charge in [-0.25, -0.2) is 0 Å². The van der Waals surface area contributed by atoms with E-state index in [2.05, 4.69) is 0 Å². The van der Waals surface area contributed by atoms with Crippen LogP contribution in [0.4, 0.5) is 0 Å². The molecule has 0 aromatic carbocycles. The third-order valence-corrected chi connectivity index (χ3v) is 5.08. The molecule has 0 aromatic rings. The first-order chi connectivity index (χ1) is 9.05. The van der Waals surface area contributed by atoms with Gasteiger partial charge in [-0.1, -0.05) is 19.3 Å². The van der Waals surface area contributed by atoms with Crippen LogP contribution in [0.5, 0.6) is 0 Å². The summed E-state index contributed by atoms with van der Waals surface area (Å²) in [5.74, 6) is -1.46. The lowest BCUT2D eigenvalue weighted by molar-refractivity contribution is -0.151. The van der Waals surface area contributed by atoms with E-state index < -0.39 is 11.5 Å². The number of hydrogen-bond donors (Lipinski definition) is 1. The topological polar surface area (TPSA) is 74.7 Å². The lowest BCUT2D eigenvalue weighted by Gasteiger charge is -2.36. The molecule has 3 rings (SSSR count). The quantitative estimate of drug-likeness (QED) is 0.786. The van der Waals surface area contributed by atoms with E-state index in [-0.39, 0.29) is 30.1 Å². The number of aliphatic carboxylic acids is 1. The van der Waals surface area contributed by atoms with Crippen molar-refractivity contribution in [2.75, 3.05) is 0 Å². The van der Waals surface area contributed by atoms with E-state index in [1.807, 2.05) is 0 Å². The summed E-state index contributed by atoms with van der Waals surface area (Å²) in [4.78, 5) is 37.5. The molecule has 2 atom stereocenters. The van der Waals surface area contributed by atoms with Crippen molar-refractivity contribution in [3.63, 3.8) is 0 Å². The first kappa shape index (κ1) is 12.6. The average Bonchev–Trinajstić information content (AvgIpc) is 2.99. The number of carbonyl (C=O) groups excluding carboxylic acids is 2. The Balaban J connectivity index is 1.93. The van der Waals surface area contributed by atoms with Gasteiger partial charge in [-0.3, -0.25) is 19.3 Å². The van der Waals surface area contributed by atoms with Gasteiger partial charge in [-0.2, -0.15) is 0 Å². The van der Waals surface area contributed by atoms with Gasteiger partial charge in [-0.05, 0) is 25.7 Å². The summed E-state index contributed by atoms with van der Waals surface area (Å²) >= 11 is 0. The predicted octanol–water partition coefficient (Wildman–Crippen LogP) is 1.56. The van der Waals surface area contributed by atoms with Gasteiger partial charge in [0.25, 0.3) is 0 Å². The van der Waals surface area contributed by atoms with Crippen LogP contribution in [-0.4, -0.2) is 33.3 Å². The average molecular weight is 265 g/mol. The molecule has 19 heavy (non-hydrogen) atoms. The fraction of sp³-hybridized carbons (Fsp3) is 0.786. The monoisotopic (exact) mass is 265 g/mol. The molecular weight excluding hydrogens is 246 g/mol. The zero-order valence-electron chi connectivity index (χ0n) is 10.9. The zero-order chi connectivity index (χ0) is 13.6. The van der Waals surface area contributed by atoms with Crippen molar-refractivity contribution in [3.05, 3.63) is 0 Å². The molecule has 3 fully saturated rings. The Labute approximate surface area is 112 Å². The number of carboxylic acids is 1. The van der Waals surface area contributed by atoms with E-state index in [1.54, 1.807) is 0 Å². The summed E-state index contributed by atoms with van der Waals surface area (Å²) in [7, 11) is 0. The number of nitrogens with zero attached hydrogens (tertiary/aromatic N) is 1. The van der Waals surface area contributed by atoms with Crippen LogP contribution in [0, 0.1) is 11.8 Å². The predicted molar refractivity (Wildman–Crippen MR) is 66.1 cm³/mol. The number of rotatable bonds is 3. The van der Waals surface area contributed by atoms with Gasteiger partial charge in [0.1, 0.15) is 0 Å². The number of amides is 2. The maximum atomic E-state index is 12.5. The van der Waals surface area contributed by atoms with E-state index in [0.29, 0.717) is 12.8 Å². The third-order valence-electron chi connectivity index (χ3n) is 5.08. The van der Waals surface area contributed by atoms with Crippen LogP contribution in [0.1, 0.15) is 51.4 Å². The van der Waals surface area contributed by atoms with Crippen molar-refractivity contribution in [2.24, 2.45) is 11.8 Å². The molecule has 1 saturated heterocycles. The lowest BCUT2D eigenvalue weighted by Crippen LogP contribution is -2.52. The van der Waals surface area contributed by atoms with Gasteiger partial charge < -0.3 is 5.11 Å². The highest BCUT2D eigenvalue weighted by molar-refractivity contribution is 6.06. The van der Waals surface area contributed by atoms with Gasteiger partial charge >= 0.3 is 5.97 Å². The Kier molecular flexibility index (Phi) is 2.87. The molecule has 2 unspecified atom stereocenters. The highest BCUT2D eigenvalue weighted by Crippen LogP contribution is 2.47. The second-order valence-corrected chi connectivity index (χ2v) is 6.16. The van der Waals surface area contributed by atoms with Gasteiger partial charge in [-0.15, -0.1) is 0 Å². The van der Waals surface area contributed by atoms with Gasteiger partial charge in [0.2, 0.25) is 11.8 Å². The molecule has 1 heterocycles. The molecule has 0 bridgehead atoms. The standard InChI is InChI=1S/C14H19NO4/c16-11(17)8-14(6-1-2-7-14)15-12(18)9-4-3-5-10(9)13(15)19/h9-10H,1-8H2,(H,16,17). The normalized spacial score (nSPS) is 32.9. The van der Waals surface area contributed by atoms with Crippen molar-refractivity contribution >= 4 is 17.8 Å². The molecule has 5 heteroatoms. The first-order valence-corrected chi connectivity index (χ1v) is 7.15. The zero-order valence-corrected chi connectivity index (χ0v) is 10.9. The summed E-state index contributed by atoms with van der Waals surface area (Å²) < 4.78 is 0. The van der Waals surface area contributed by atoms with Crippen LogP contribution in [0.3, 0.4) is 0 Å². The summed E-state index contributed by atoms with van der Waals surface area (Å²) in [5, 5.41) is 9.13. The molecule has 2 saturated carbocycles. The Morgan fingerprint density at radius 3 is 2.11 bits per heavy atom. The number of hydrogen-bond acceptors (Lipinski definition) is 3. The molecule has 0 radical (unpaired) electrons. The largest absolute Gasteiger partial charge is 0.481 e. The van der Waals surface area contributed by atoms with Crippen LogP contribution in [-0.2, 0) is 14.4 Å². The molecule has 3 aliphatic rings. The first-order valence-electron chi connectivity index (χ1n) is 7.15. The highest BCUT2D eigenvalue weighted by Gasteiger charge is 2.57. The Hall–Kier alpha value is -1.39. The van der Waals surface area contributed by atoms with E-state index in [0.717, 1.165) is 32.1 Å². The molecule has 1 aliphatic heterocycles. The Morgan fingerprint density at radius 2 is 1.63 bits per heavy atom. The van der Waals surface area contributed by atoms with Crippen LogP contribution in [0.2, 0.25) is 0 Å². The molecular formula is C14H19NO4. The number of imide groups is 1. The van der Waals surface area contributed by atoms with E-state index in [1.165, 1.54) is 4.90 Å². The fourth-order valence-corrected chi connectivity index (χ4v) is 4.25. The number of fused-ring (bicyclic) bond motifs is 1. The van der Waals surface area contributed by atoms with Gasteiger partial charge in [0, 0.05) is 0 Å². The molecule has 2 amide bonds. The second-order valence-electron chi connectivity index (χ2n) is 6.16. The van der Waals surface area contributed by atoms with Gasteiger partial charge in [0.05, 0.1) is 23.8 Å². The minimum Gasteiger partial charge on any atom is -0.481 e. The lowest BCUT2D eigenvalue weighted by atomic mass is 9.90. The maximum absolute atomic E-state index is 12.5. The second kappa shape index (κ2) is 4.32. The highest BCUT2D eigenvalue weighted by atomic mass is 16.4. The minimum atomic E-state index is -0.917. The number of likely N-dealkylation sites (tertiary alicyclic amines) is 1. The summed E-state index contributed by atoms with van der Waals surface area (Å²) in [6, 6.07) is 0. The smallest absolute Gasteiger partial charge is 0.305 e. The molecule has 0 spiro atoms. The minimum absolute atomic E-state index is 0.0933. The maximum Gasteiger partial charge on any atom is 0.305 e. The molecule has 104 valence electrons. The summed E-state index contributed by atoms with van der Waals surface area (Å²) in [5.41, 5.74) is -0.732. The van der Waals surface area contributed by atoms with Crippen LogP contribution in [0.15, 0.2) is 0 Å². The number of carboxylic acid groups (broad SMARTS) is 1. The van der Waals surface area contributed by atoms with Crippen molar-refractivity contribution in [2.45, 2.75) is 56.9 Å². The molecule has 0 aromatic heterocycles. The van der Waals surface area contributed by atoms with Crippen molar-refractivity contribution in [1.82, 2.24) is 4.90 Å². The van der Waals surface area contributed by atoms with Crippen molar-refractivity contribution < 1.29 is 19.5 Å². The number of carbonyl (C=O) groups is 3. The van der Waals surface area contributed by atoms with Crippen molar-refractivity contribution in [3.8, 4) is 0 Å². The van der Waals surface area contributed by atoms with Crippen LogP contribution >= 0.6 is 0 Å². The summed E-state index contributed by atoms with van der Waals surface area (Å²) in [6.07, 6.45) is 5.52. The Bertz CT molecular complexity index is 417. The van der Waals surface area contributed by atoms with Crippen molar-refractivity contribution in [1.29, 1.82) is 0 Å². The van der Waals surface area contributed by atoms with E-state index in [4.69, 9.17) is 5.11 Å². The fourth-order valence-electron chi connectivity index (χ4n) is 4.25. The summed E-state index contributed by atoms with van der Waals surface area (Å²) in [6.45, 7) is 0. The Morgan fingerprint density at radius 1 is 1.11 bits per heavy atom.